The second kappa shape index (κ2) is 11.2. The molecule has 0 bridgehead atoms. The fraction of sp³-hybridized carbons (Fsp3) is 0.346. The minimum Gasteiger partial charge on any atom is -0.494 e. The summed E-state index contributed by atoms with van der Waals surface area (Å²) >= 11 is 0.841. The second-order valence-electron chi connectivity index (χ2n) is 8.11. The summed E-state index contributed by atoms with van der Waals surface area (Å²) in [6.45, 7) is 10.7. The van der Waals surface area contributed by atoms with Gasteiger partial charge in [-0.1, -0.05) is 13.8 Å². The number of nitrogens with one attached hydrogen (secondary N) is 1. The Morgan fingerprint density at radius 3 is 2.38 bits per heavy atom. The van der Waals surface area contributed by atoms with Crippen LogP contribution in [0, 0.1) is 6.92 Å². The summed E-state index contributed by atoms with van der Waals surface area (Å²) in [5.74, 6) is 0.826. The number of rotatable bonds is 9. The molecule has 180 valence electrons. The molecule has 1 aliphatic heterocycles. The van der Waals surface area contributed by atoms with Gasteiger partial charge in [0.1, 0.15) is 18.0 Å². The third-order valence-electron chi connectivity index (χ3n) is 5.23. The average molecular weight is 483 g/mol. The van der Waals surface area contributed by atoms with E-state index in [2.05, 4.69) is 19.2 Å². The van der Waals surface area contributed by atoms with E-state index in [1.807, 2.05) is 32.9 Å². The number of carbonyl (C=O) groups excluding carboxylic acids is 3. The quantitative estimate of drug-likeness (QED) is 0.469. The summed E-state index contributed by atoms with van der Waals surface area (Å²) < 4.78 is 11.1. The number of benzene rings is 2. The fourth-order valence-electron chi connectivity index (χ4n) is 3.53. The number of anilines is 1. The highest BCUT2D eigenvalue weighted by molar-refractivity contribution is 8.18. The van der Waals surface area contributed by atoms with Gasteiger partial charge in [-0.3, -0.25) is 19.3 Å². The van der Waals surface area contributed by atoms with Gasteiger partial charge in [-0.15, -0.1) is 0 Å². The van der Waals surface area contributed by atoms with E-state index in [1.165, 1.54) is 0 Å². The first-order valence-electron chi connectivity index (χ1n) is 11.3. The molecule has 0 saturated carbocycles. The van der Waals surface area contributed by atoms with Crippen LogP contribution in [0.15, 0.2) is 41.3 Å². The minimum atomic E-state index is -0.476. The number of amides is 3. The lowest BCUT2D eigenvalue weighted by Crippen LogP contribution is -2.36. The molecule has 0 aliphatic carbocycles. The Bertz CT molecular complexity index is 1110. The van der Waals surface area contributed by atoms with Gasteiger partial charge in [-0.2, -0.15) is 0 Å². The molecule has 2 aromatic rings. The minimum absolute atomic E-state index is 0.232. The molecule has 0 radical (unpaired) electrons. The van der Waals surface area contributed by atoms with Gasteiger partial charge in [0.2, 0.25) is 5.91 Å². The molecule has 2 aromatic carbocycles. The standard InChI is InChI=1S/C26H30N2O5S/c1-6-32-20-10-8-19(9-11-20)27-24(29)15-28-25(30)23(34-26(28)31)14-18-13-21(16(3)4)22(33-7-2)12-17(18)5/h8-14,16H,6-7,15H2,1-5H3,(H,27,29)/b23-14+. The van der Waals surface area contributed by atoms with Crippen molar-refractivity contribution in [2.45, 2.75) is 40.5 Å². The molecule has 0 spiro atoms. The van der Waals surface area contributed by atoms with Gasteiger partial charge < -0.3 is 14.8 Å². The number of thioether (sulfide) groups is 1. The van der Waals surface area contributed by atoms with Crippen LogP contribution in [0.5, 0.6) is 11.5 Å². The van der Waals surface area contributed by atoms with Crippen LogP contribution in [0.1, 0.15) is 50.3 Å². The van der Waals surface area contributed by atoms with Crippen LogP contribution in [-0.2, 0) is 9.59 Å². The molecule has 0 aromatic heterocycles. The molecule has 1 aliphatic rings. The maximum Gasteiger partial charge on any atom is 0.294 e. The summed E-state index contributed by atoms with van der Waals surface area (Å²) in [6.07, 6.45) is 1.71. The number of ether oxygens (including phenoxy) is 2. The third-order valence-corrected chi connectivity index (χ3v) is 6.14. The monoisotopic (exact) mass is 482 g/mol. The van der Waals surface area contributed by atoms with Gasteiger partial charge in [-0.05, 0) is 97.6 Å². The number of hydrogen-bond donors (Lipinski definition) is 1. The Kier molecular flexibility index (Phi) is 8.39. The van der Waals surface area contributed by atoms with Crippen LogP contribution in [-0.4, -0.2) is 41.7 Å². The summed E-state index contributed by atoms with van der Waals surface area (Å²) in [6, 6.07) is 10.9. The van der Waals surface area contributed by atoms with Crippen LogP contribution >= 0.6 is 11.8 Å². The summed E-state index contributed by atoms with van der Waals surface area (Å²) in [7, 11) is 0. The van der Waals surface area contributed by atoms with E-state index < -0.39 is 17.1 Å². The van der Waals surface area contributed by atoms with Gasteiger partial charge >= 0.3 is 0 Å². The van der Waals surface area contributed by atoms with Gasteiger partial charge in [0.05, 0.1) is 18.1 Å². The molecule has 7 nitrogen and oxygen atoms in total. The molecule has 8 heteroatoms. The predicted molar refractivity (Wildman–Crippen MR) is 135 cm³/mol. The number of hydrogen-bond acceptors (Lipinski definition) is 6. The van der Waals surface area contributed by atoms with Crippen molar-refractivity contribution in [3.8, 4) is 11.5 Å². The number of carbonyl (C=O) groups is 3. The van der Waals surface area contributed by atoms with Crippen molar-refractivity contribution in [2.75, 3.05) is 25.1 Å². The topological polar surface area (TPSA) is 84.9 Å². The zero-order valence-corrected chi connectivity index (χ0v) is 21.0. The van der Waals surface area contributed by atoms with E-state index in [-0.39, 0.29) is 12.5 Å². The SMILES string of the molecule is CCOc1ccc(NC(=O)CN2C(=O)S/C(=C/c3cc(C(C)C)c(OCC)cc3C)C2=O)cc1. The van der Waals surface area contributed by atoms with Crippen molar-refractivity contribution in [1.82, 2.24) is 4.90 Å². The van der Waals surface area contributed by atoms with Crippen molar-refractivity contribution >= 4 is 40.6 Å². The van der Waals surface area contributed by atoms with Crippen LogP contribution in [0.2, 0.25) is 0 Å². The van der Waals surface area contributed by atoms with Crippen molar-refractivity contribution in [3.63, 3.8) is 0 Å². The van der Waals surface area contributed by atoms with E-state index in [0.717, 1.165) is 39.1 Å². The van der Waals surface area contributed by atoms with Crippen molar-refractivity contribution in [2.24, 2.45) is 0 Å². The Hall–Kier alpha value is -3.26. The second-order valence-corrected chi connectivity index (χ2v) is 9.10. The van der Waals surface area contributed by atoms with Crippen LogP contribution in [0.25, 0.3) is 6.08 Å². The molecule has 1 fully saturated rings. The average Bonchev–Trinajstić information content (AvgIpc) is 3.04. The molecular weight excluding hydrogens is 452 g/mol. The van der Waals surface area contributed by atoms with Gasteiger partial charge in [0.15, 0.2) is 0 Å². The van der Waals surface area contributed by atoms with Gasteiger partial charge in [-0.25, -0.2) is 0 Å². The first-order chi connectivity index (χ1) is 16.2. The summed E-state index contributed by atoms with van der Waals surface area (Å²) in [4.78, 5) is 39.2. The Morgan fingerprint density at radius 2 is 1.76 bits per heavy atom. The lowest BCUT2D eigenvalue weighted by Gasteiger charge is -2.16. The first-order valence-corrected chi connectivity index (χ1v) is 12.1. The molecule has 0 unspecified atom stereocenters. The van der Waals surface area contributed by atoms with E-state index >= 15 is 0 Å². The molecule has 3 rings (SSSR count). The lowest BCUT2D eigenvalue weighted by molar-refractivity contribution is -0.127. The van der Waals surface area contributed by atoms with Crippen molar-refractivity contribution in [3.05, 3.63) is 58.0 Å². The maximum atomic E-state index is 12.9. The highest BCUT2D eigenvalue weighted by atomic mass is 32.2. The zero-order chi connectivity index (χ0) is 24.8. The molecule has 34 heavy (non-hydrogen) atoms. The van der Waals surface area contributed by atoms with Crippen molar-refractivity contribution in [1.29, 1.82) is 0 Å². The molecule has 3 amide bonds. The van der Waals surface area contributed by atoms with Gasteiger partial charge in [0.25, 0.3) is 11.1 Å². The summed E-state index contributed by atoms with van der Waals surface area (Å²) in [5, 5.41) is 2.24. The molecule has 1 saturated heterocycles. The number of nitrogens with zero attached hydrogens (tertiary/aromatic N) is 1. The molecule has 1 N–H and O–H groups in total. The number of imide groups is 1. The Balaban J connectivity index is 1.74. The predicted octanol–water partition coefficient (Wildman–Crippen LogP) is 5.59. The molecule has 0 atom stereocenters. The third kappa shape index (κ3) is 5.99. The van der Waals surface area contributed by atoms with Crippen LogP contribution in [0.3, 0.4) is 0 Å². The smallest absolute Gasteiger partial charge is 0.294 e. The Labute approximate surface area is 204 Å². The van der Waals surface area contributed by atoms with E-state index in [0.29, 0.717) is 29.6 Å². The number of aryl methyl sites for hydroxylation is 1. The Morgan fingerprint density at radius 1 is 1.09 bits per heavy atom. The highest BCUT2D eigenvalue weighted by Gasteiger charge is 2.36. The highest BCUT2D eigenvalue weighted by Crippen LogP contribution is 2.35. The zero-order valence-electron chi connectivity index (χ0n) is 20.1. The fourth-order valence-corrected chi connectivity index (χ4v) is 4.35. The maximum absolute atomic E-state index is 12.9. The molecule has 1 heterocycles. The largest absolute Gasteiger partial charge is 0.494 e. The first kappa shape index (κ1) is 25.4. The molecular formula is C26H30N2O5S. The lowest BCUT2D eigenvalue weighted by atomic mass is 9.96. The van der Waals surface area contributed by atoms with E-state index in [1.54, 1.807) is 30.3 Å². The van der Waals surface area contributed by atoms with Crippen molar-refractivity contribution < 1.29 is 23.9 Å². The van der Waals surface area contributed by atoms with Crippen LogP contribution < -0.4 is 14.8 Å². The van der Waals surface area contributed by atoms with E-state index in [4.69, 9.17) is 9.47 Å². The normalized spacial score (nSPS) is 14.8. The summed E-state index contributed by atoms with van der Waals surface area (Å²) in [5.41, 5.74) is 3.37. The van der Waals surface area contributed by atoms with E-state index in [9.17, 15) is 14.4 Å². The van der Waals surface area contributed by atoms with Gasteiger partial charge in [0, 0.05) is 5.69 Å². The van der Waals surface area contributed by atoms with Crippen LogP contribution in [0.4, 0.5) is 10.5 Å².